The Morgan fingerprint density at radius 2 is 2.15 bits per heavy atom. The summed E-state index contributed by atoms with van der Waals surface area (Å²) >= 11 is 0. The second-order valence-corrected chi connectivity index (χ2v) is 7.84. The van der Waals surface area contributed by atoms with E-state index in [0.717, 1.165) is 25.1 Å². The van der Waals surface area contributed by atoms with Gasteiger partial charge < -0.3 is 19.8 Å². The Bertz CT molecular complexity index is 1290. The van der Waals surface area contributed by atoms with Gasteiger partial charge in [-0.15, -0.1) is 0 Å². The molecule has 4 rings (SSSR count). The number of aromatic nitrogens is 1. The number of nitrogens with zero attached hydrogens (tertiary/aromatic N) is 2. The molecule has 1 amide bonds. The fraction of sp³-hybridized carbons (Fsp3) is 0.348. The van der Waals surface area contributed by atoms with Gasteiger partial charge in [-0.25, -0.2) is 13.6 Å². The van der Waals surface area contributed by atoms with E-state index in [1.807, 2.05) is 6.07 Å². The van der Waals surface area contributed by atoms with Gasteiger partial charge in [-0.2, -0.15) is 5.26 Å². The summed E-state index contributed by atoms with van der Waals surface area (Å²) in [6.45, 7) is 1.52. The zero-order valence-corrected chi connectivity index (χ0v) is 17.9. The second kappa shape index (κ2) is 9.52. The van der Waals surface area contributed by atoms with Crippen molar-refractivity contribution in [3.05, 3.63) is 58.1 Å². The van der Waals surface area contributed by atoms with Gasteiger partial charge in [0.25, 0.3) is 5.91 Å². The number of benzene rings is 2. The predicted molar refractivity (Wildman–Crippen MR) is 115 cm³/mol. The minimum absolute atomic E-state index is 0.0632. The van der Waals surface area contributed by atoms with Crippen molar-refractivity contribution in [2.45, 2.75) is 25.0 Å². The number of oxazole rings is 1. The third kappa shape index (κ3) is 4.79. The van der Waals surface area contributed by atoms with Crippen LogP contribution in [0.4, 0.5) is 8.78 Å². The van der Waals surface area contributed by atoms with E-state index >= 15 is 0 Å². The molecule has 0 bridgehead atoms. The molecule has 1 unspecified atom stereocenters. The van der Waals surface area contributed by atoms with Gasteiger partial charge in [0.2, 0.25) is 0 Å². The van der Waals surface area contributed by atoms with Crippen molar-refractivity contribution < 1.29 is 22.7 Å². The standard InChI is InChI=1S/C23H22F2N4O4/c1-29-19-9-16(18(25)10-20(19)33-23(29)31)13-3-4-14(17(24)8-13)7-15(11-26)28-22(30)21-12-27-5-2-6-32-21/h3-4,8-10,15,21,27H,2,5-7,12H2,1H3,(H,28,30)/t15-,21?/m0/s1. The minimum atomic E-state index is -0.960. The first-order chi connectivity index (χ1) is 15.9. The largest absolute Gasteiger partial charge is 0.419 e. The van der Waals surface area contributed by atoms with Gasteiger partial charge in [0.05, 0.1) is 11.6 Å². The molecule has 1 saturated heterocycles. The topological polar surface area (TPSA) is 109 Å². The molecule has 1 fully saturated rings. The highest BCUT2D eigenvalue weighted by Gasteiger charge is 2.24. The van der Waals surface area contributed by atoms with Crippen molar-refractivity contribution >= 4 is 17.0 Å². The Balaban J connectivity index is 1.52. The molecule has 2 heterocycles. The lowest BCUT2D eigenvalue weighted by Gasteiger charge is -2.18. The van der Waals surface area contributed by atoms with E-state index in [-0.39, 0.29) is 28.7 Å². The van der Waals surface area contributed by atoms with Crippen LogP contribution in [-0.2, 0) is 23.0 Å². The Morgan fingerprint density at radius 1 is 1.33 bits per heavy atom. The Hall–Kier alpha value is -3.55. The lowest BCUT2D eigenvalue weighted by Crippen LogP contribution is -2.46. The van der Waals surface area contributed by atoms with E-state index in [9.17, 15) is 23.6 Å². The molecule has 2 aromatic carbocycles. The Morgan fingerprint density at radius 3 is 2.91 bits per heavy atom. The van der Waals surface area contributed by atoms with Crippen molar-refractivity contribution in [3.63, 3.8) is 0 Å². The van der Waals surface area contributed by atoms with Crippen molar-refractivity contribution in [1.29, 1.82) is 5.26 Å². The van der Waals surface area contributed by atoms with Gasteiger partial charge in [0, 0.05) is 38.2 Å². The molecule has 1 aliphatic rings. The molecule has 0 spiro atoms. The summed E-state index contributed by atoms with van der Waals surface area (Å²) < 4.78 is 41.1. The molecular formula is C23H22F2N4O4. The van der Waals surface area contributed by atoms with Crippen LogP contribution in [0.2, 0.25) is 0 Å². The summed E-state index contributed by atoms with van der Waals surface area (Å²) in [6, 6.07) is 7.65. The average Bonchev–Trinajstić information content (AvgIpc) is 2.98. The number of rotatable bonds is 5. The normalized spacial score (nSPS) is 17.3. The number of carbonyl (C=O) groups excluding carboxylic acids is 1. The van der Waals surface area contributed by atoms with E-state index in [0.29, 0.717) is 18.7 Å². The molecule has 0 aliphatic carbocycles. The number of hydrogen-bond acceptors (Lipinski definition) is 6. The van der Waals surface area contributed by atoms with Gasteiger partial charge in [-0.1, -0.05) is 12.1 Å². The van der Waals surface area contributed by atoms with Crippen molar-refractivity contribution in [3.8, 4) is 17.2 Å². The number of carbonyl (C=O) groups is 1. The van der Waals surface area contributed by atoms with Gasteiger partial charge in [-0.05, 0) is 36.2 Å². The zero-order chi connectivity index (χ0) is 23.5. The van der Waals surface area contributed by atoms with E-state index in [2.05, 4.69) is 10.6 Å². The number of halogens is 2. The SMILES string of the molecule is Cn1c(=O)oc2cc(F)c(-c3ccc(C[C@@H](C#N)NC(=O)C4CNCCCO4)c(F)c3)cc21. The number of amides is 1. The van der Waals surface area contributed by atoms with Gasteiger partial charge >= 0.3 is 5.76 Å². The maximum atomic E-state index is 14.9. The lowest BCUT2D eigenvalue weighted by atomic mass is 9.99. The van der Waals surface area contributed by atoms with Crippen LogP contribution < -0.4 is 16.4 Å². The van der Waals surface area contributed by atoms with Crippen LogP contribution in [0.3, 0.4) is 0 Å². The molecule has 0 saturated carbocycles. The second-order valence-electron chi connectivity index (χ2n) is 7.84. The molecule has 10 heteroatoms. The summed E-state index contributed by atoms with van der Waals surface area (Å²) in [5, 5.41) is 15.1. The van der Waals surface area contributed by atoms with Gasteiger partial charge in [0.1, 0.15) is 23.8 Å². The quantitative estimate of drug-likeness (QED) is 0.608. The number of ether oxygens (including phenoxy) is 1. The summed E-state index contributed by atoms with van der Waals surface area (Å²) in [7, 11) is 1.49. The number of fused-ring (bicyclic) bond motifs is 1. The minimum Gasteiger partial charge on any atom is -0.408 e. The van der Waals surface area contributed by atoms with Crippen LogP contribution in [0.1, 0.15) is 12.0 Å². The van der Waals surface area contributed by atoms with Gasteiger partial charge in [-0.3, -0.25) is 9.36 Å². The Kier molecular flexibility index (Phi) is 6.53. The number of aryl methyl sites for hydroxylation is 1. The van der Waals surface area contributed by atoms with Crippen LogP contribution in [0.5, 0.6) is 0 Å². The van der Waals surface area contributed by atoms with Crippen molar-refractivity contribution in [1.82, 2.24) is 15.2 Å². The molecule has 172 valence electrons. The van der Waals surface area contributed by atoms with Crippen molar-refractivity contribution in [2.24, 2.45) is 7.05 Å². The average molecular weight is 456 g/mol. The van der Waals surface area contributed by atoms with E-state index < -0.39 is 35.4 Å². The molecule has 3 aromatic rings. The zero-order valence-electron chi connectivity index (χ0n) is 17.9. The van der Waals surface area contributed by atoms with Crippen LogP contribution in [0.15, 0.2) is 39.5 Å². The van der Waals surface area contributed by atoms with E-state index in [1.165, 1.54) is 29.8 Å². The smallest absolute Gasteiger partial charge is 0.408 e. The fourth-order valence-corrected chi connectivity index (χ4v) is 3.75. The first kappa shape index (κ1) is 22.6. The number of nitriles is 1. The number of nitrogens with one attached hydrogen (secondary N) is 2. The maximum Gasteiger partial charge on any atom is 0.419 e. The third-order valence-corrected chi connectivity index (χ3v) is 5.58. The van der Waals surface area contributed by atoms with E-state index in [4.69, 9.17) is 9.15 Å². The van der Waals surface area contributed by atoms with Crippen LogP contribution in [0, 0.1) is 23.0 Å². The highest BCUT2D eigenvalue weighted by atomic mass is 19.1. The van der Waals surface area contributed by atoms with Gasteiger partial charge in [0.15, 0.2) is 5.58 Å². The summed E-state index contributed by atoms with van der Waals surface area (Å²) in [6.07, 6.45) is 0.00651. The number of hydrogen-bond donors (Lipinski definition) is 2. The van der Waals surface area contributed by atoms with Crippen LogP contribution in [-0.4, -0.2) is 42.3 Å². The fourth-order valence-electron chi connectivity index (χ4n) is 3.75. The molecule has 2 atom stereocenters. The summed E-state index contributed by atoms with van der Waals surface area (Å²) in [5.41, 5.74) is 1.04. The highest BCUT2D eigenvalue weighted by Crippen LogP contribution is 2.29. The Labute approximate surface area is 187 Å². The maximum absolute atomic E-state index is 14.9. The first-order valence-electron chi connectivity index (χ1n) is 10.5. The lowest BCUT2D eigenvalue weighted by molar-refractivity contribution is -0.132. The monoisotopic (exact) mass is 456 g/mol. The van der Waals surface area contributed by atoms with Crippen molar-refractivity contribution in [2.75, 3.05) is 19.7 Å². The van der Waals surface area contributed by atoms with Crippen LogP contribution in [0.25, 0.3) is 22.2 Å². The predicted octanol–water partition coefficient (Wildman–Crippen LogP) is 2.01. The summed E-state index contributed by atoms with van der Waals surface area (Å²) in [5.74, 6) is -2.37. The van der Waals surface area contributed by atoms with E-state index in [1.54, 1.807) is 0 Å². The third-order valence-electron chi connectivity index (χ3n) is 5.58. The molecule has 2 N–H and O–H groups in total. The molecule has 1 aliphatic heterocycles. The molecule has 0 radical (unpaired) electrons. The molecule has 33 heavy (non-hydrogen) atoms. The van der Waals surface area contributed by atoms with Crippen LogP contribution >= 0.6 is 0 Å². The molecule has 1 aromatic heterocycles. The highest BCUT2D eigenvalue weighted by molar-refractivity contribution is 5.82. The molecule has 8 nitrogen and oxygen atoms in total. The summed E-state index contributed by atoms with van der Waals surface area (Å²) in [4.78, 5) is 24.1. The first-order valence-corrected chi connectivity index (χ1v) is 10.5. The molecular weight excluding hydrogens is 434 g/mol.